The van der Waals surface area contributed by atoms with Crippen molar-refractivity contribution in [3.05, 3.63) is 54.6 Å². The zero-order valence-corrected chi connectivity index (χ0v) is 13.5. The van der Waals surface area contributed by atoms with E-state index in [9.17, 15) is 9.59 Å². The van der Waals surface area contributed by atoms with Crippen LogP contribution in [0.4, 0.5) is 0 Å². The number of rotatable bonds is 2. The highest BCUT2D eigenvalue weighted by molar-refractivity contribution is 6.09. The summed E-state index contributed by atoms with van der Waals surface area (Å²) in [6, 6.07) is 3.68. The van der Waals surface area contributed by atoms with Crippen LogP contribution in [0.1, 0.15) is 31.7 Å². The van der Waals surface area contributed by atoms with Gasteiger partial charge in [0.2, 0.25) is 0 Å². The molecule has 2 heterocycles. The van der Waals surface area contributed by atoms with E-state index in [-0.39, 0.29) is 24.4 Å². The lowest BCUT2D eigenvalue weighted by molar-refractivity contribution is -0.132. The Labute approximate surface area is 140 Å². The number of pyridine rings is 1. The van der Waals surface area contributed by atoms with Crippen molar-refractivity contribution in [2.75, 3.05) is 0 Å². The normalized spacial score (nSPS) is 20.6. The molecular weight excluding hydrogens is 302 g/mol. The first-order valence-corrected chi connectivity index (χ1v) is 7.76. The summed E-state index contributed by atoms with van der Waals surface area (Å²) in [4.78, 5) is 28.2. The lowest BCUT2D eigenvalue weighted by atomic mass is 9.68. The summed E-state index contributed by atoms with van der Waals surface area (Å²) in [6.07, 6.45) is 7.51. The van der Waals surface area contributed by atoms with Gasteiger partial charge in [0.1, 0.15) is 11.2 Å². The molecule has 24 heavy (non-hydrogen) atoms. The number of aromatic nitrogens is 3. The number of Topliss-reactive ketones (excluding diaryl/α,β-unsaturated/α-hetero) is 2. The van der Waals surface area contributed by atoms with Crippen molar-refractivity contribution in [3.63, 3.8) is 0 Å². The van der Waals surface area contributed by atoms with Gasteiger partial charge in [-0.05, 0) is 24.1 Å². The van der Waals surface area contributed by atoms with Crippen molar-refractivity contribution in [2.45, 2.75) is 26.2 Å². The largest absolute Gasteiger partial charge is 0.299 e. The van der Waals surface area contributed by atoms with Gasteiger partial charge >= 0.3 is 0 Å². The molecule has 0 bridgehead atoms. The van der Waals surface area contributed by atoms with Crippen LogP contribution in [-0.2, 0) is 9.59 Å². The maximum Gasteiger partial charge on any atom is 0.162 e. The van der Waals surface area contributed by atoms with Crippen LogP contribution in [0, 0.1) is 17.3 Å². The number of hydrogen-bond acceptors (Lipinski definition) is 4. The van der Waals surface area contributed by atoms with E-state index >= 15 is 0 Å². The fourth-order valence-electron chi connectivity index (χ4n) is 2.89. The van der Waals surface area contributed by atoms with Gasteiger partial charge in [-0.3, -0.25) is 14.6 Å². The van der Waals surface area contributed by atoms with E-state index in [1.54, 1.807) is 23.3 Å². The third kappa shape index (κ3) is 2.79. The zero-order chi connectivity index (χ0) is 17.2. The Morgan fingerprint density at radius 1 is 1.33 bits per heavy atom. The minimum atomic E-state index is -0.935. The van der Waals surface area contributed by atoms with Crippen LogP contribution in [0.25, 0.3) is 5.69 Å². The molecule has 0 spiro atoms. The topological polar surface area (TPSA) is 64.8 Å². The summed E-state index contributed by atoms with van der Waals surface area (Å²) in [6.45, 7) is 5.83. The maximum absolute atomic E-state index is 12.4. The maximum atomic E-state index is 12.4. The number of carbonyl (C=O) groups is 2. The molecule has 0 N–H and O–H groups in total. The Morgan fingerprint density at radius 3 is 2.83 bits per heavy atom. The number of allylic oxidation sites excluding steroid dienone is 1. The van der Waals surface area contributed by atoms with Crippen LogP contribution >= 0.6 is 0 Å². The van der Waals surface area contributed by atoms with Crippen molar-refractivity contribution in [2.24, 2.45) is 5.41 Å². The molecule has 1 saturated carbocycles. The van der Waals surface area contributed by atoms with Gasteiger partial charge in [0.25, 0.3) is 0 Å². The van der Waals surface area contributed by atoms with Crippen molar-refractivity contribution in [3.8, 4) is 17.5 Å². The summed E-state index contributed by atoms with van der Waals surface area (Å²) in [5.74, 6) is 5.87. The molecule has 5 nitrogen and oxygen atoms in total. The third-order valence-electron chi connectivity index (χ3n) is 4.29. The first-order valence-electron chi connectivity index (χ1n) is 7.76. The first-order chi connectivity index (χ1) is 11.5. The van der Waals surface area contributed by atoms with Crippen LogP contribution in [0.5, 0.6) is 0 Å². The highest BCUT2D eigenvalue weighted by Crippen LogP contribution is 2.38. The van der Waals surface area contributed by atoms with E-state index in [1.165, 1.54) is 0 Å². The second-order valence-electron chi connectivity index (χ2n) is 5.81. The van der Waals surface area contributed by atoms with Gasteiger partial charge in [-0.25, -0.2) is 4.68 Å². The second-order valence-corrected chi connectivity index (χ2v) is 5.81. The number of ketones is 2. The second kappa shape index (κ2) is 6.25. The van der Waals surface area contributed by atoms with Gasteiger partial charge in [0.15, 0.2) is 5.78 Å². The molecule has 2 aromatic heterocycles. The molecule has 3 rings (SSSR count). The highest BCUT2D eigenvalue weighted by Gasteiger charge is 2.42. The standard InChI is InChI=1S/C19H17N3O2/c1-3-19(14(2)9-17(23)11-18(19)24)6-5-15-10-16(13-20-12-15)22-8-4-7-21-22/h4,7-8,10,12-13H,2-3,9,11H2,1H3/t19-/m1/s1. The predicted molar refractivity (Wildman–Crippen MR) is 89.3 cm³/mol. The van der Waals surface area contributed by atoms with Crippen LogP contribution < -0.4 is 0 Å². The minimum absolute atomic E-state index is 0.0624. The monoisotopic (exact) mass is 319 g/mol. The predicted octanol–water partition coefficient (Wildman–Crippen LogP) is 2.50. The quantitative estimate of drug-likeness (QED) is 0.485. The molecule has 2 aromatic rings. The Morgan fingerprint density at radius 2 is 2.17 bits per heavy atom. The molecule has 0 amide bonds. The first kappa shape index (κ1) is 15.9. The summed E-state index contributed by atoms with van der Waals surface area (Å²) in [5.41, 5.74) is 1.14. The molecule has 0 saturated heterocycles. The van der Waals surface area contributed by atoms with Crippen LogP contribution in [0.2, 0.25) is 0 Å². The zero-order valence-electron chi connectivity index (χ0n) is 13.5. The van der Waals surface area contributed by atoms with E-state index in [0.717, 1.165) is 5.69 Å². The molecule has 0 unspecified atom stereocenters. The fraction of sp³-hybridized carbons (Fsp3) is 0.263. The van der Waals surface area contributed by atoms with E-state index in [1.807, 2.05) is 25.3 Å². The average Bonchev–Trinajstić information content (AvgIpc) is 3.09. The third-order valence-corrected chi connectivity index (χ3v) is 4.29. The molecule has 0 aromatic carbocycles. The number of nitrogens with zero attached hydrogens (tertiary/aromatic N) is 3. The van der Waals surface area contributed by atoms with Crippen molar-refractivity contribution < 1.29 is 9.59 Å². The fourth-order valence-corrected chi connectivity index (χ4v) is 2.89. The van der Waals surface area contributed by atoms with Crippen molar-refractivity contribution in [1.29, 1.82) is 0 Å². The van der Waals surface area contributed by atoms with E-state index < -0.39 is 5.41 Å². The minimum Gasteiger partial charge on any atom is -0.299 e. The average molecular weight is 319 g/mol. The molecule has 5 heteroatoms. The summed E-state index contributed by atoms with van der Waals surface area (Å²) in [5, 5.41) is 4.16. The van der Waals surface area contributed by atoms with Gasteiger partial charge in [-0.1, -0.05) is 25.3 Å². The molecule has 1 fully saturated rings. The number of hydrogen-bond donors (Lipinski definition) is 0. The van der Waals surface area contributed by atoms with Crippen LogP contribution in [0.15, 0.2) is 49.1 Å². The van der Waals surface area contributed by atoms with Crippen molar-refractivity contribution >= 4 is 11.6 Å². The molecule has 0 aliphatic heterocycles. The smallest absolute Gasteiger partial charge is 0.162 e. The van der Waals surface area contributed by atoms with Gasteiger partial charge in [0.05, 0.1) is 18.3 Å². The lowest BCUT2D eigenvalue weighted by Gasteiger charge is -2.31. The Balaban J connectivity index is 1.96. The van der Waals surface area contributed by atoms with E-state index in [0.29, 0.717) is 17.6 Å². The number of carbonyl (C=O) groups excluding carboxylic acids is 2. The SMILES string of the molecule is C=C1CC(=O)CC(=O)[C@@]1(C#Cc1cncc(-n2cccn2)c1)CC. The van der Waals surface area contributed by atoms with Gasteiger partial charge in [0, 0.05) is 30.6 Å². The molecular formula is C19H17N3O2. The lowest BCUT2D eigenvalue weighted by Crippen LogP contribution is -2.37. The molecule has 0 radical (unpaired) electrons. The van der Waals surface area contributed by atoms with Crippen LogP contribution in [-0.4, -0.2) is 26.3 Å². The van der Waals surface area contributed by atoms with Crippen LogP contribution in [0.3, 0.4) is 0 Å². The van der Waals surface area contributed by atoms with E-state index in [4.69, 9.17) is 0 Å². The Bertz CT molecular complexity index is 850. The Kier molecular flexibility index (Phi) is 4.13. The molecule has 120 valence electrons. The van der Waals surface area contributed by atoms with Gasteiger partial charge in [-0.15, -0.1) is 0 Å². The summed E-state index contributed by atoms with van der Waals surface area (Å²) >= 11 is 0. The highest BCUT2D eigenvalue weighted by atomic mass is 16.2. The molecule has 1 aliphatic rings. The summed E-state index contributed by atoms with van der Waals surface area (Å²) < 4.78 is 1.69. The Hall–Kier alpha value is -3.00. The van der Waals surface area contributed by atoms with E-state index in [2.05, 4.69) is 28.5 Å². The van der Waals surface area contributed by atoms with Gasteiger partial charge < -0.3 is 0 Å². The molecule has 1 atom stereocenters. The van der Waals surface area contributed by atoms with Crippen molar-refractivity contribution in [1.82, 2.24) is 14.8 Å². The van der Waals surface area contributed by atoms with Gasteiger partial charge in [-0.2, -0.15) is 5.10 Å². The summed E-state index contributed by atoms with van der Waals surface area (Å²) in [7, 11) is 0. The molecule has 1 aliphatic carbocycles.